The summed E-state index contributed by atoms with van der Waals surface area (Å²) in [5.41, 5.74) is -0.0708. The van der Waals surface area contributed by atoms with Gasteiger partial charge in [-0.2, -0.15) is 18.2 Å². The highest BCUT2D eigenvalue weighted by Gasteiger charge is 2.30. The molecule has 1 aromatic heterocycles. The Labute approximate surface area is 162 Å². The van der Waals surface area contributed by atoms with Crippen LogP contribution in [-0.4, -0.2) is 22.8 Å². The Morgan fingerprint density at radius 1 is 1.10 bits per heavy atom. The fourth-order valence-corrected chi connectivity index (χ4v) is 2.73. The largest absolute Gasteiger partial charge is 0.454 e. The van der Waals surface area contributed by atoms with E-state index in [1.807, 2.05) is 0 Å². The molecule has 0 bridgehead atoms. The Hall–Kier alpha value is -3.56. The number of carbonyl (C=O) groups is 1. The van der Waals surface area contributed by atoms with Crippen molar-refractivity contribution in [2.24, 2.45) is 0 Å². The monoisotopic (exact) mass is 405 g/mol. The van der Waals surface area contributed by atoms with Gasteiger partial charge in [0.25, 0.3) is 0 Å². The summed E-state index contributed by atoms with van der Waals surface area (Å²) in [5.74, 6) is 1.05. The second kappa shape index (κ2) is 7.46. The van der Waals surface area contributed by atoms with Crippen molar-refractivity contribution in [3.63, 3.8) is 0 Å². The number of amides is 1. The lowest BCUT2D eigenvalue weighted by Crippen LogP contribution is -2.12. The first-order valence-electron chi connectivity index (χ1n) is 8.58. The van der Waals surface area contributed by atoms with E-state index in [0.717, 1.165) is 12.1 Å². The van der Waals surface area contributed by atoms with E-state index in [9.17, 15) is 18.0 Å². The minimum absolute atomic E-state index is 0.0299. The smallest absolute Gasteiger partial charge is 0.416 e. The average molecular weight is 405 g/mol. The molecular formula is C19H14F3N3O4. The van der Waals surface area contributed by atoms with E-state index in [0.29, 0.717) is 17.2 Å². The third kappa shape index (κ3) is 4.31. The van der Waals surface area contributed by atoms with E-state index in [1.54, 1.807) is 18.2 Å². The predicted octanol–water partition coefficient (Wildman–Crippen LogP) is 4.06. The van der Waals surface area contributed by atoms with Crippen LogP contribution < -0.4 is 14.8 Å². The lowest BCUT2D eigenvalue weighted by molar-refractivity contribution is -0.137. The number of aromatic nitrogens is 2. The molecule has 0 spiro atoms. The Balaban J connectivity index is 1.36. The van der Waals surface area contributed by atoms with Gasteiger partial charge in [-0.3, -0.25) is 4.79 Å². The molecule has 2 aromatic carbocycles. The first kappa shape index (κ1) is 18.8. The highest BCUT2D eigenvalue weighted by molar-refractivity contribution is 5.91. The third-order valence-corrected chi connectivity index (χ3v) is 4.14. The molecule has 2 heterocycles. The van der Waals surface area contributed by atoms with Crippen LogP contribution >= 0.6 is 0 Å². The molecule has 7 nitrogen and oxygen atoms in total. The fourth-order valence-electron chi connectivity index (χ4n) is 2.73. The maximum atomic E-state index is 12.8. The van der Waals surface area contributed by atoms with Gasteiger partial charge < -0.3 is 19.3 Å². The number of benzene rings is 2. The number of aryl methyl sites for hydroxylation is 1. The molecule has 3 aromatic rings. The van der Waals surface area contributed by atoms with Gasteiger partial charge in [0.15, 0.2) is 11.5 Å². The molecule has 4 rings (SSSR count). The van der Waals surface area contributed by atoms with Crippen LogP contribution in [0.1, 0.15) is 17.9 Å². The third-order valence-electron chi connectivity index (χ3n) is 4.14. The van der Waals surface area contributed by atoms with Crippen molar-refractivity contribution in [1.29, 1.82) is 0 Å². The van der Waals surface area contributed by atoms with E-state index in [1.165, 1.54) is 12.1 Å². The van der Waals surface area contributed by atoms with Gasteiger partial charge in [-0.05, 0) is 24.3 Å². The van der Waals surface area contributed by atoms with Crippen LogP contribution in [0.25, 0.3) is 11.4 Å². The van der Waals surface area contributed by atoms with E-state index < -0.39 is 11.7 Å². The average Bonchev–Trinajstić information content (AvgIpc) is 3.35. The molecule has 1 aliphatic rings. The van der Waals surface area contributed by atoms with Gasteiger partial charge in [0.05, 0.1) is 5.56 Å². The number of halogens is 3. The van der Waals surface area contributed by atoms with Crippen LogP contribution in [0.5, 0.6) is 11.5 Å². The van der Waals surface area contributed by atoms with Crippen molar-refractivity contribution < 1.29 is 32.0 Å². The topological polar surface area (TPSA) is 86.5 Å². The van der Waals surface area contributed by atoms with E-state index in [4.69, 9.17) is 14.0 Å². The first-order valence-corrected chi connectivity index (χ1v) is 8.58. The molecule has 0 unspecified atom stereocenters. The zero-order chi connectivity index (χ0) is 20.4. The number of rotatable bonds is 5. The second-order valence-corrected chi connectivity index (χ2v) is 6.21. The Bertz CT molecular complexity index is 1050. The standard InChI is InChI=1S/C19H14F3N3O4/c20-19(21,22)12-3-1-2-11(8-12)18-24-17(29-25-18)7-6-16(26)23-13-4-5-14-15(9-13)28-10-27-14/h1-5,8-9H,6-7,10H2,(H,23,26). The number of hydrogen-bond donors (Lipinski definition) is 1. The second-order valence-electron chi connectivity index (χ2n) is 6.21. The molecule has 29 heavy (non-hydrogen) atoms. The van der Waals surface area contributed by atoms with Crippen LogP contribution in [0, 0.1) is 0 Å². The van der Waals surface area contributed by atoms with Crippen molar-refractivity contribution in [2.45, 2.75) is 19.0 Å². The number of nitrogens with zero attached hydrogens (tertiary/aromatic N) is 2. The maximum absolute atomic E-state index is 12.8. The first-order chi connectivity index (χ1) is 13.9. The van der Waals surface area contributed by atoms with Crippen LogP contribution in [0.3, 0.4) is 0 Å². The summed E-state index contributed by atoms with van der Waals surface area (Å²) < 4.78 is 54.0. The summed E-state index contributed by atoms with van der Waals surface area (Å²) in [6.07, 6.45) is -4.27. The summed E-state index contributed by atoms with van der Waals surface area (Å²) >= 11 is 0. The zero-order valence-electron chi connectivity index (χ0n) is 14.8. The van der Waals surface area contributed by atoms with Gasteiger partial charge >= 0.3 is 6.18 Å². The molecule has 0 fully saturated rings. The van der Waals surface area contributed by atoms with Crippen LogP contribution in [0.4, 0.5) is 18.9 Å². The molecule has 0 atom stereocenters. The van der Waals surface area contributed by atoms with Crippen molar-refractivity contribution in [2.75, 3.05) is 12.1 Å². The maximum Gasteiger partial charge on any atom is 0.416 e. The Morgan fingerprint density at radius 3 is 2.76 bits per heavy atom. The Morgan fingerprint density at radius 2 is 1.93 bits per heavy atom. The van der Waals surface area contributed by atoms with Crippen molar-refractivity contribution >= 4 is 11.6 Å². The summed E-state index contributed by atoms with van der Waals surface area (Å²) in [5, 5.41) is 6.41. The number of hydrogen-bond acceptors (Lipinski definition) is 6. The normalized spacial score (nSPS) is 12.8. The molecule has 0 saturated heterocycles. The van der Waals surface area contributed by atoms with Gasteiger partial charge in [-0.1, -0.05) is 17.3 Å². The van der Waals surface area contributed by atoms with E-state index in [-0.39, 0.29) is 42.8 Å². The SMILES string of the molecule is O=C(CCc1nc(-c2cccc(C(F)(F)F)c2)no1)Nc1ccc2c(c1)OCO2. The van der Waals surface area contributed by atoms with Gasteiger partial charge in [-0.25, -0.2) is 0 Å². The van der Waals surface area contributed by atoms with Crippen molar-refractivity contribution in [3.8, 4) is 22.9 Å². The van der Waals surface area contributed by atoms with Gasteiger partial charge in [0, 0.05) is 30.2 Å². The number of nitrogens with one attached hydrogen (secondary N) is 1. The zero-order valence-corrected chi connectivity index (χ0v) is 14.8. The molecule has 150 valence electrons. The van der Waals surface area contributed by atoms with Gasteiger partial charge in [0.2, 0.25) is 24.4 Å². The summed E-state index contributed by atoms with van der Waals surface area (Å²) in [7, 11) is 0. The minimum Gasteiger partial charge on any atom is -0.454 e. The number of alkyl halides is 3. The van der Waals surface area contributed by atoms with Crippen LogP contribution in [0.2, 0.25) is 0 Å². The predicted molar refractivity (Wildman–Crippen MR) is 94.3 cm³/mol. The summed E-state index contributed by atoms with van der Waals surface area (Å²) in [4.78, 5) is 16.2. The fraction of sp³-hybridized carbons (Fsp3) is 0.211. The van der Waals surface area contributed by atoms with Crippen molar-refractivity contribution in [3.05, 3.63) is 53.9 Å². The van der Waals surface area contributed by atoms with Gasteiger partial charge in [0.1, 0.15) is 0 Å². The molecule has 0 aliphatic carbocycles. The van der Waals surface area contributed by atoms with E-state index in [2.05, 4.69) is 15.5 Å². The summed E-state index contributed by atoms with van der Waals surface area (Å²) in [6, 6.07) is 9.66. The Kier molecular flexibility index (Phi) is 4.83. The van der Waals surface area contributed by atoms with E-state index >= 15 is 0 Å². The number of anilines is 1. The molecule has 0 saturated carbocycles. The van der Waals surface area contributed by atoms with Gasteiger partial charge in [-0.15, -0.1) is 0 Å². The molecule has 1 amide bonds. The van der Waals surface area contributed by atoms with Crippen molar-refractivity contribution in [1.82, 2.24) is 10.1 Å². The highest BCUT2D eigenvalue weighted by atomic mass is 19.4. The number of fused-ring (bicyclic) bond motifs is 1. The lowest BCUT2D eigenvalue weighted by Gasteiger charge is -2.06. The molecule has 0 radical (unpaired) electrons. The molecule has 10 heteroatoms. The highest BCUT2D eigenvalue weighted by Crippen LogP contribution is 2.34. The quantitative estimate of drug-likeness (QED) is 0.689. The summed E-state index contributed by atoms with van der Waals surface area (Å²) in [6.45, 7) is 0.137. The van der Waals surface area contributed by atoms with Crippen LogP contribution in [-0.2, 0) is 17.4 Å². The molecule has 1 N–H and O–H groups in total. The minimum atomic E-state index is -4.46. The van der Waals surface area contributed by atoms with Crippen LogP contribution in [0.15, 0.2) is 47.0 Å². The number of carbonyl (C=O) groups excluding carboxylic acids is 1. The number of ether oxygens (including phenoxy) is 2. The molecule has 1 aliphatic heterocycles. The lowest BCUT2D eigenvalue weighted by atomic mass is 10.1. The molecular weight excluding hydrogens is 391 g/mol.